The van der Waals surface area contributed by atoms with E-state index < -0.39 is 35.8 Å². The molecule has 1 fully saturated rings. The second-order valence-corrected chi connectivity index (χ2v) is 9.57. The molecular weight excluding hydrogens is 428 g/mol. The van der Waals surface area contributed by atoms with Crippen molar-refractivity contribution in [2.75, 3.05) is 11.9 Å². The minimum atomic E-state index is -1.08. The lowest BCUT2D eigenvalue weighted by Crippen LogP contribution is -2.45. The first-order valence-electron chi connectivity index (χ1n) is 10.7. The molecule has 1 aliphatic heterocycles. The summed E-state index contributed by atoms with van der Waals surface area (Å²) >= 11 is 1.35. The van der Waals surface area contributed by atoms with Crippen LogP contribution in [0.15, 0.2) is 30.3 Å². The van der Waals surface area contributed by atoms with Crippen molar-refractivity contribution in [1.82, 2.24) is 10.2 Å². The van der Waals surface area contributed by atoms with E-state index in [1.165, 1.54) is 11.3 Å². The zero-order chi connectivity index (χ0) is 22.9. The molecule has 0 bridgehead atoms. The summed E-state index contributed by atoms with van der Waals surface area (Å²) in [6.07, 6.45) is 4.65. The molecular formula is C23H26N4O4S. The van der Waals surface area contributed by atoms with Gasteiger partial charge < -0.3 is 16.4 Å². The van der Waals surface area contributed by atoms with Gasteiger partial charge in [0.1, 0.15) is 17.1 Å². The lowest BCUT2D eigenvalue weighted by molar-refractivity contribution is -0.133. The van der Waals surface area contributed by atoms with Gasteiger partial charge in [-0.2, -0.15) is 0 Å². The molecule has 4 N–H and O–H groups in total. The summed E-state index contributed by atoms with van der Waals surface area (Å²) in [5.74, 6) is -1.56. The molecule has 8 nitrogen and oxygen atoms in total. The normalized spacial score (nSPS) is 20.1. The number of carbonyl (C=O) groups is 4. The molecule has 0 spiro atoms. The number of aryl methyl sites for hydroxylation is 2. The molecule has 5 amide bonds. The van der Waals surface area contributed by atoms with Gasteiger partial charge >= 0.3 is 6.03 Å². The Balaban J connectivity index is 1.43. The number of nitrogens with two attached hydrogens (primary N) is 1. The van der Waals surface area contributed by atoms with Crippen molar-refractivity contribution in [3.8, 4) is 0 Å². The van der Waals surface area contributed by atoms with Crippen molar-refractivity contribution in [3.05, 3.63) is 51.9 Å². The Bertz CT molecular complexity index is 1080. The van der Waals surface area contributed by atoms with Crippen LogP contribution in [0.3, 0.4) is 0 Å². The van der Waals surface area contributed by atoms with E-state index in [-0.39, 0.29) is 0 Å². The second kappa shape index (κ2) is 8.74. The maximum absolute atomic E-state index is 13.0. The summed E-state index contributed by atoms with van der Waals surface area (Å²) in [4.78, 5) is 52.2. The first kappa shape index (κ1) is 22.0. The highest BCUT2D eigenvalue weighted by atomic mass is 32.1. The Labute approximate surface area is 190 Å². The number of hydrogen-bond acceptors (Lipinski definition) is 5. The van der Waals surface area contributed by atoms with Crippen LogP contribution in [0.4, 0.5) is 9.80 Å². The molecule has 1 aromatic heterocycles. The fraction of sp³-hybridized carbons (Fsp3) is 0.391. The van der Waals surface area contributed by atoms with Crippen LogP contribution in [0, 0.1) is 0 Å². The SMILES string of the molecule is C[C@]1(CCc2ccccc2)NC(=O)N(CC(=O)Nc2sc3c(c2C(N)=O)CCCC3)C1=O. The highest BCUT2D eigenvalue weighted by Gasteiger charge is 2.47. The Hall–Kier alpha value is -3.20. The number of urea groups is 1. The van der Waals surface area contributed by atoms with Gasteiger partial charge in [-0.15, -0.1) is 11.3 Å². The number of nitrogens with one attached hydrogen (secondary N) is 2. The molecule has 2 aromatic rings. The molecule has 2 aliphatic rings. The van der Waals surface area contributed by atoms with Crippen LogP contribution in [-0.4, -0.2) is 40.7 Å². The summed E-state index contributed by atoms with van der Waals surface area (Å²) in [5, 5.41) is 5.83. The third kappa shape index (κ3) is 4.25. The summed E-state index contributed by atoms with van der Waals surface area (Å²) in [6.45, 7) is 1.25. The minimum Gasteiger partial charge on any atom is -0.365 e. The van der Waals surface area contributed by atoms with Crippen molar-refractivity contribution < 1.29 is 19.2 Å². The van der Waals surface area contributed by atoms with Crippen molar-refractivity contribution >= 4 is 40.1 Å². The van der Waals surface area contributed by atoms with Crippen molar-refractivity contribution in [1.29, 1.82) is 0 Å². The molecule has 1 atom stereocenters. The third-order valence-corrected chi connectivity index (χ3v) is 7.28. The van der Waals surface area contributed by atoms with E-state index in [0.29, 0.717) is 23.4 Å². The highest BCUT2D eigenvalue weighted by molar-refractivity contribution is 7.17. The van der Waals surface area contributed by atoms with Crippen LogP contribution in [0.1, 0.15) is 52.5 Å². The molecule has 1 aliphatic carbocycles. The number of amides is 5. The molecule has 1 saturated heterocycles. The summed E-state index contributed by atoms with van der Waals surface area (Å²) in [7, 11) is 0. The van der Waals surface area contributed by atoms with Crippen LogP contribution in [0.25, 0.3) is 0 Å². The summed E-state index contributed by atoms with van der Waals surface area (Å²) in [5.41, 5.74) is 6.82. The number of benzene rings is 1. The van der Waals surface area contributed by atoms with Crippen LogP contribution in [0.5, 0.6) is 0 Å². The fourth-order valence-electron chi connectivity index (χ4n) is 4.32. The van der Waals surface area contributed by atoms with Gasteiger partial charge in [0.2, 0.25) is 5.91 Å². The summed E-state index contributed by atoms with van der Waals surface area (Å²) in [6, 6.07) is 9.10. The molecule has 32 heavy (non-hydrogen) atoms. The van der Waals surface area contributed by atoms with Crippen molar-refractivity contribution in [2.45, 2.75) is 51.0 Å². The molecule has 0 unspecified atom stereocenters. The number of anilines is 1. The summed E-state index contributed by atoms with van der Waals surface area (Å²) < 4.78 is 0. The van der Waals surface area contributed by atoms with Gasteiger partial charge in [0, 0.05) is 4.88 Å². The fourth-order valence-corrected chi connectivity index (χ4v) is 5.63. The minimum absolute atomic E-state index is 0.350. The molecule has 1 aromatic carbocycles. The predicted molar refractivity (Wildman–Crippen MR) is 122 cm³/mol. The van der Waals surface area contributed by atoms with Gasteiger partial charge in [-0.3, -0.25) is 19.3 Å². The Morgan fingerprint density at radius 3 is 2.62 bits per heavy atom. The van der Waals surface area contributed by atoms with Gasteiger partial charge in [-0.1, -0.05) is 30.3 Å². The van der Waals surface area contributed by atoms with Gasteiger partial charge in [0.15, 0.2) is 0 Å². The third-order valence-electron chi connectivity index (χ3n) is 6.07. The van der Waals surface area contributed by atoms with Gasteiger partial charge in [-0.05, 0) is 56.6 Å². The van der Waals surface area contributed by atoms with Crippen molar-refractivity contribution in [3.63, 3.8) is 0 Å². The average molecular weight is 455 g/mol. The van der Waals surface area contributed by atoms with E-state index >= 15 is 0 Å². The van der Waals surface area contributed by atoms with Crippen LogP contribution in [0.2, 0.25) is 0 Å². The topological polar surface area (TPSA) is 122 Å². The van der Waals surface area contributed by atoms with Crippen molar-refractivity contribution in [2.24, 2.45) is 5.73 Å². The Kier molecular flexibility index (Phi) is 6.01. The number of primary amides is 1. The number of fused-ring (bicyclic) bond motifs is 1. The van der Waals surface area contributed by atoms with Gasteiger partial charge in [-0.25, -0.2) is 4.79 Å². The zero-order valence-electron chi connectivity index (χ0n) is 17.9. The first-order chi connectivity index (χ1) is 15.3. The number of thiophene rings is 1. The van der Waals surface area contributed by atoms with E-state index in [1.54, 1.807) is 6.92 Å². The average Bonchev–Trinajstić information content (AvgIpc) is 3.23. The van der Waals surface area contributed by atoms with E-state index in [9.17, 15) is 19.2 Å². The first-order valence-corrected chi connectivity index (χ1v) is 11.5. The predicted octanol–water partition coefficient (Wildman–Crippen LogP) is 2.61. The monoisotopic (exact) mass is 454 g/mol. The highest BCUT2D eigenvalue weighted by Crippen LogP contribution is 2.38. The van der Waals surface area contributed by atoms with Crippen LogP contribution < -0.4 is 16.4 Å². The molecule has 0 saturated carbocycles. The van der Waals surface area contributed by atoms with Crippen LogP contribution >= 0.6 is 11.3 Å². The molecule has 0 radical (unpaired) electrons. The largest absolute Gasteiger partial charge is 0.365 e. The number of hydrogen-bond donors (Lipinski definition) is 3. The lowest BCUT2D eigenvalue weighted by atomic mass is 9.93. The second-order valence-electron chi connectivity index (χ2n) is 8.47. The lowest BCUT2D eigenvalue weighted by Gasteiger charge is -2.21. The molecule has 2 heterocycles. The number of rotatable bonds is 7. The van der Waals surface area contributed by atoms with E-state index in [1.807, 2.05) is 30.3 Å². The van der Waals surface area contributed by atoms with Gasteiger partial charge in [0.05, 0.1) is 5.56 Å². The maximum atomic E-state index is 13.0. The molecule has 4 rings (SSSR count). The zero-order valence-corrected chi connectivity index (χ0v) is 18.7. The quantitative estimate of drug-likeness (QED) is 0.557. The molecule has 168 valence electrons. The Morgan fingerprint density at radius 2 is 1.91 bits per heavy atom. The number of nitrogens with zero attached hydrogens (tertiary/aromatic N) is 1. The van der Waals surface area contributed by atoms with E-state index in [0.717, 1.165) is 46.6 Å². The number of carbonyl (C=O) groups excluding carboxylic acids is 4. The van der Waals surface area contributed by atoms with E-state index in [4.69, 9.17) is 5.73 Å². The van der Waals surface area contributed by atoms with Crippen LogP contribution in [-0.2, 0) is 28.9 Å². The standard InChI is InChI=1S/C23H26N4O4S/c1-23(12-11-14-7-3-2-4-8-14)21(30)27(22(31)26-23)13-17(28)25-20-18(19(24)29)15-9-5-6-10-16(15)32-20/h2-4,7-8H,5-6,9-13H2,1H3,(H2,24,29)(H,25,28)(H,26,31)/t23-/m1/s1. The van der Waals surface area contributed by atoms with E-state index in [2.05, 4.69) is 10.6 Å². The maximum Gasteiger partial charge on any atom is 0.325 e. The molecule has 9 heteroatoms. The number of imide groups is 1. The van der Waals surface area contributed by atoms with Gasteiger partial charge in [0.25, 0.3) is 11.8 Å². The Morgan fingerprint density at radius 1 is 1.19 bits per heavy atom. The smallest absolute Gasteiger partial charge is 0.325 e.